The molecule has 0 radical (unpaired) electrons. The molecule has 0 spiro atoms. The minimum atomic E-state index is -0.314. The summed E-state index contributed by atoms with van der Waals surface area (Å²) in [7, 11) is 1.61. The molecule has 2 aliphatic rings. The molecule has 1 atom stereocenters. The number of hydrogen-bond donors (Lipinski definition) is 0. The summed E-state index contributed by atoms with van der Waals surface area (Å²) in [6.07, 6.45) is 5.58. The number of nitrogens with zero attached hydrogens (tertiary/aromatic N) is 2. The monoisotopic (exact) mass is 426 g/mol. The van der Waals surface area contributed by atoms with E-state index in [1.54, 1.807) is 41.4 Å². The number of carbonyl (C=O) groups is 2. The maximum atomic E-state index is 12.4. The van der Waals surface area contributed by atoms with Crippen LogP contribution in [0.5, 0.6) is 11.5 Å². The molecule has 2 aromatic rings. The first kappa shape index (κ1) is 20.8. The molecule has 1 aromatic heterocycles. The molecule has 164 valence electrons. The zero-order valence-electron chi connectivity index (χ0n) is 17.4. The van der Waals surface area contributed by atoms with Crippen LogP contribution in [0.15, 0.2) is 53.2 Å². The van der Waals surface area contributed by atoms with Gasteiger partial charge in [-0.1, -0.05) is 0 Å². The fourth-order valence-electron chi connectivity index (χ4n) is 3.83. The van der Waals surface area contributed by atoms with Gasteiger partial charge in [-0.15, -0.1) is 0 Å². The Bertz CT molecular complexity index is 901. The number of furan rings is 1. The lowest BCUT2D eigenvalue weighted by atomic mass is 10.0. The summed E-state index contributed by atoms with van der Waals surface area (Å²) < 4.78 is 21.6. The molecule has 31 heavy (non-hydrogen) atoms. The van der Waals surface area contributed by atoms with Crippen LogP contribution in [0, 0.1) is 0 Å². The van der Waals surface area contributed by atoms with Gasteiger partial charge in [0.05, 0.1) is 19.9 Å². The molecule has 8 heteroatoms. The van der Waals surface area contributed by atoms with Gasteiger partial charge in [-0.3, -0.25) is 4.79 Å². The van der Waals surface area contributed by atoms with Gasteiger partial charge < -0.3 is 28.4 Å². The largest absolute Gasteiger partial charge is 0.497 e. The molecular formula is C23H26N2O6. The summed E-state index contributed by atoms with van der Waals surface area (Å²) in [4.78, 5) is 28.3. The molecule has 0 aliphatic carbocycles. The van der Waals surface area contributed by atoms with Crippen LogP contribution in [0.3, 0.4) is 0 Å². The third kappa shape index (κ3) is 5.20. The number of methoxy groups -OCH3 is 1. The summed E-state index contributed by atoms with van der Waals surface area (Å²) in [6, 6.07) is 10.9. The Morgan fingerprint density at radius 3 is 2.58 bits per heavy atom. The Labute approximate surface area is 181 Å². The van der Waals surface area contributed by atoms with Crippen molar-refractivity contribution in [1.29, 1.82) is 0 Å². The van der Waals surface area contributed by atoms with Crippen LogP contribution in [0.1, 0.15) is 18.6 Å². The molecule has 2 fully saturated rings. The minimum absolute atomic E-state index is 0.0513. The molecule has 1 aromatic carbocycles. The van der Waals surface area contributed by atoms with Gasteiger partial charge >= 0.3 is 6.09 Å². The van der Waals surface area contributed by atoms with Crippen molar-refractivity contribution in [2.45, 2.75) is 25.0 Å². The molecule has 0 saturated carbocycles. The Hall–Kier alpha value is -3.42. The van der Waals surface area contributed by atoms with Gasteiger partial charge in [-0.25, -0.2) is 4.79 Å². The fourth-order valence-corrected chi connectivity index (χ4v) is 3.83. The van der Waals surface area contributed by atoms with E-state index in [0.29, 0.717) is 37.8 Å². The number of benzene rings is 1. The van der Waals surface area contributed by atoms with Gasteiger partial charge in [0.15, 0.2) is 6.10 Å². The number of rotatable bonds is 7. The number of hydrogen-bond acceptors (Lipinski definition) is 6. The van der Waals surface area contributed by atoms with Gasteiger partial charge in [-0.05, 0) is 55.3 Å². The number of carbonyl (C=O) groups excluding carboxylic acids is 2. The first-order valence-corrected chi connectivity index (χ1v) is 10.4. The molecule has 2 saturated heterocycles. The zero-order valence-corrected chi connectivity index (χ0v) is 17.4. The van der Waals surface area contributed by atoms with E-state index in [1.165, 1.54) is 6.08 Å². The summed E-state index contributed by atoms with van der Waals surface area (Å²) in [5.74, 6) is 2.05. The maximum Gasteiger partial charge on any atom is 0.410 e. The highest BCUT2D eigenvalue weighted by atomic mass is 16.6. The molecular weight excluding hydrogens is 400 g/mol. The van der Waals surface area contributed by atoms with Crippen molar-refractivity contribution in [2.75, 3.05) is 33.4 Å². The van der Waals surface area contributed by atoms with E-state index in [1.807, 2.05) is 24.3 Å². The van der Waals surface area contributed by atoms with Gasteiger partial charge in [0, 0.05) is 25.2 Å². The number of likely N-dealkylation sites (tertiary alicyclic amines) is 1. The van der Waals surface area contributed by atoms with E-state index >= 15 is 0 Å². The maximum absolute atomic E-state index is 12.4. The predicted molar refractivity (Wildman–Crippen MR) is 113 cm³/mol. The summed E-state index contributed by atoms with van der Waals surface area (Å²) >= 11 is 0. The third-order valence-corrected chi connectivity index (χ3v) is 5.55. The van der Waals surface area contributed by atoms with Crippen molar-refractivity contribution in [3.63, 3.8) is 0 Å². The molecule has 4 rings (SSSR count). The fraction of sp³-hybridized carbons (Fsp3) is 0.391. The van der Waals surface area contributed by atoms with E-state index in [-0.39, 0.29) is 24.1 Å². The first-order chi connectivity index (χ1) is 15.1. The summed E-state index contributed by atoms with van der Waals surface area (Å²) in [6.45, 7) is 1.99. The topological polar surface area (TPSA) is 81.5 Å². The zero-order chi connectivity index (χ0) is 21.6. The van der Waals surface area contributed by atoms with Gasteiger partial charge in [-0.2, -0.15) is 0 Å². The molecule has 0 N–H and O–H groups in total. The van der Waals surface area contributed by atoms with E-state index < -0.39 is 0 Å². The lowest BCUT2D eigenvalue weighted by Crippen LogP contribution is -2.47. The highest BCUT2D eigenvalue weighted by Gasteiger charge is 2.38. The van der Waals surface area contributed by atoms with Gasteiger partial charge in [0.25, 0.3) is 0 Å². The van der Waals surface area contributed by atoms with Crippen LogP contribution in [-0.4, -0.2) is 67.3 Å². The average Bonchev–Trinajstić information content (AvgIpc) is 3.46. The van der Waals surface area contributed by atoms with E-state index in [4.69, 9.17) is 18.6 Å². The first-order valence-electron chi connectivity index (χ1n) is 10.4. The quantitative estimate of drug-likeness (QED) is 0.633. The second-order valence-electron chi connectivity index (χ2n) is 7.55. The Kier molecular flexibility index (Phi) is 6.45. The van der Waals surface area contributed by atoms with Crippen LogP contribution >= 0.6 is 0 Å². The van der Waals surface area contributed by atoms with Crippen LogP contribution in [0.25, 0.3) is 6.08 Å². The highest BCUT2D eigenvalue weighted by Crippen LogP contribution is 2.24. The number of amides is 2. The molecule has 3 heterocycles. The Balaban J connectivity index is 1.23. The number of ether oxygens (including phenoxy) is 3. The van der Waals surface area contributed by atoms with Gasteiger partial charge in [0.2, 0.25) is 5.91 Å². The molecule has 2 amide bonds. The average molecular weight is 426 g/mol. The van der Waals surface area contributed by atoms with Crippen LogP contribution in [-0.2, 0) is 9.53 Å². The minimum Gasteiger partial charge on any atom is -0.497 e. The molecule has 2 aliphatic heterocycles. The van der Waals surface area contributed by atoms with E-state index in [0.717, 1.165) is 18.6 Å². The third-order valence-electron chi connectivity index (χ3n) is 5.55. The van der Waals surface area contributed by atoms with Crippen LogP contribution < -0.4 is 9.47 Å². The molecule has 8 nitrogen and oxygen atoms in total. The van der Waals surface area contributed by atoms with E-state index in [2.05, 4.69) is 0 Å². The SMILES string of the molecule is COc1ccc(OCC2CN(C3CCN(C(=O)/C=C/c4ccco4)CC3)C(=O)O2)cc1. The molecule has 0 bridgehead atoms. The van der Waals surface area contributed by atoms with Crippen molar-refractivity contribution in [2.24, 2.45) is 0 Å². The number of cyclic esters (lactones) is 1. The van der Waals surface area contributed by atoms with Crippen LogP contribution in [0.4, 0.5) is 4.79 Å². The van der Waals surface area contributed by atoms with Crippen molar-refractivity contribution < 1.29 is 28.2 Å². The smallest absolute Gasteiger partial charge is 0.410 e. The van der Waals surface area contributed by atoms with E-state index in [9.17, 15) is 9.59 Å². The van der Waals surface area contributed by atoms with Crippen molar-refractivity contribution in [3.05, 3.63) is 54.5 Å². The summed E-state index contributed by atoms with van der Waals surface area (Å²) in [5, 5.41) is 0. The second-order valence-corrected chi connectivity index (χ2v) is 7.55. The second kappa shape index (κ2) is 9.59. The van der Waals surface area contributed by atoms with Crippen molar-refractivity contribution in [1.82, 2.24) is 9.80 Å². The Morgan fingerprint density at radius 1 is 1.16 bits per heavy atom. The van der Waals surface area contributed by atoms with Crippen LogP contribution in [0.2, 0.25) is 0 Å². The molecule has 1 unspecified atom stereocenters. The normalized spacial score (nSPS) is 19.6. The van der Waals surface area contributed by atoms with Crippen molar-refractivity contribution >= 4 is 18.1 Å². The predicted octanol–water partition coefficient (Wildman–Crippen LogP) is 3.19. The lowest BCUT2D eigenvalue weighted by molar-refractivity contribution is -0.127. The van der Waals surface area contributed by atoms with Crippen molar-refractivity contribution in [3.8, 4) is 11.5 Å². The lowest BCUT2D eigenvalue weighted by Gasteiger charge is -2.35. The standard InChI is InChI=1S/C23H26N2O6/c1-28-18-4-6-20(7-5-18)30-16-21-15-25(23(27)31-21)17-10-12-24(13-11-17)22(26)9-8-19-3-2-14-29-19/h2-9,14,17,21H,10-13,15-16H2,1H3/b9-8+. The highest BCUT2D eigenvalue weighted by molar-refractivity contribution is 5.91. The van der Waals surface area contributed by atoms with Gasteiger partial charge in [0.1, 0.15) is 23.9 Å². The summed E-state index contributed by atoms with van der Waals surface area (Å²) in [5.41, 5.74) is 0. The Morgan fingerprint density at radius 2 is 1.90 bits per heavy atom. The number of piperidine rings is 1.